The van der Waals surface area contributed by atoms with Crippen LogP contribution in [-0.2, 0) is 0 Å². The molecule has 8 bridgehead atoms. The van der Waals surface area contributed by atoms with E-state index >= 15 is 0 Å². The van der Waals surface area contributed by atoms with E-state index in [1.165, 1.54) is 57.8 Å². The Kier molecular flexibility index (Phi) is 25.4. The summed E-state index contributed by atoms with van der Waals surface area (Å²) in [6, 6.07) is 42.9. The summed E-state index contributed by atoms with van der Waals surface area (Å²) in [6.07, 6.45) is 24.5. The van der Waals surface area contributed by atoms with Crippen molar-refractivity contribution in [2.24, 2.45) is 0 Å². The molecule has 0 saturated heterocycles. The molecule has 0 fully saturated rings. The van der Waals surface area contributed by atoms with Gasteiger partial charge in [0.15, 0.2) is 0 Å². The molecule has 5 heterocycles. The first kappa shape index (κ1) is 65.0. The predicted octanol–water partition coefficient (Wildman–Crippen LogP) is 19.0. The van der Waals surface area contributed by atoms with Gasteiger partial charge < -0.3 is 43.6 Å². The lowest BCUT2D eigenvalue weighted by Gasteiger charge is -2.17. The van der Waals surface area contributed by atoms with E-state index in [4.69, 9.17) is 28.9 Å². The fraction of sp³-hybridized carbons (Fsp3) is 0.429. The highest BCUT2D eigenvalue weighted by atomic mass is 16.5. The summed E-state index contributed by atoms with van der Waals surface area (Å²) in [5, 5.41) is 0. The Bertz CT molecular complexity index is 3400. The summed E-state index contributed by atoms with van der Waals surface area (Å²) in [7, 11) is 0. The van der Waals surface area contributed by atoms with Crippen LogP contribution in [0, 0.1) is 0 Å². The molecule has 466 valence electrons. The van der Waals surface area contributed by atoms with Gasteiger partial charge >= 0.3 is 0 Å². The quantitative estimate of drug-likeness (QED) is 0.0369. The zero-order chi connectivity index (χ0) is 61.3. The van der Waals surface area contributed by atoms with Crippen LogP contribution in [0.5, 0.6) is 23.0 Å². The zero-order valence-electron chi connectivity index (χ0n) is 54.1. The summed E-state index contributed by atoms with van der Waals surface area (Å²) < 4.78 is 25.4. The highest BCUT2D eigenvalue weighted by molar-refractivity contribution is 6.00. The first-order valence-electron chi connectivity index (χ1n) is 33.6. The van der Waals surface area contributed by atoms with Crippen LogP contribution >= 0.6 is 0 Å². The Hall–Kier alpha value is -7.44. The number of hydrogen-bond donors (Lipinski definition) is 2. The standard InChI is InChI=1S/C77H99N7O4/c1-8-15-16-17-18-19-20-21-22-23-54-85-62-35-27-58(28-36-62)74-66-43-45-68(78-66)75(59-29-37-63(38-30-59)86-55-24-51-82(9-2)10-3)70-47-49-72(80-70)77(61-33-41-65(42-34-61)88-57-26-53-84(13-6)14-7)73-50-48-71(81-73)76(69-46-44-67(74)79-69)60-31-39-64(40-32-60)87-56-25-52-83(11-4)12-5/h27-50,78,81H,8-26,51-57H2,1-7H3. The van der Waals surface area contributed by atoms with Crippen LogP contribution < -0.4 is 18.9 Å². The Balaban J connectivity index is 1.14. The van der Waals surface area contributed by atoms with Crippen LogP contribution in [0.3, 0.4) is 0 Å². The molecule has 2 aliphatic heterocycles. The second-order valence-electron chi connectivity index (χ2n) is 23.3. The number of nitrogens with zero attached hydrogens (tertiary/aromatic N) is 5. The average molecular weight is 1190 g/mol. The topological polar surface area (TPSA) is 104 Å². The fourth-order valence-electron chi connectivity index (χ4n) is 12.1. The molecule has 0 saturated carbocycles. The van der Waals surface area contributed by atoms with Crippen LogP contribution in [-0.4, -0.2) is 120 Å². The minimum Gasteiger partial charge on any atom is -0.494 e. The number of nitrogens with one attached hydrogen (secondary N) is 2. The molecule has 9 rings (SSSR count). The molecule has 3 aromatic heterocycles. The van der Waals surface area contributed by atoms with Gasteiger partial charge in [-0.15, -0.1) is 0 Å². The lowest BCUT2D eigenvalue weighted by atomic mass is 10.0. The molecule has 0 aliphatic carbocycles. The first-order chi connectivity index (χ1) is 43.3. The van der Waals surface area contributed by atoms with Crippen LogP contribution in [0.1, 0.15) is 155 Å². The van der Waals surface area contributed by atoms with Gasteiger partial charge in [-0.25, -0.2) is 9.97 Å². The lowest BCUT2D eigenvalue weighted by Crippen LogP contribution is -2.25. The molecule has 7 aromatic rings. The summed E-state index contributed by atoms with van der Waals surface area (Å²) in [5.41, 5.74) is 15.2. The van der Waals surface area contributed by atoms with Crippen molar-refractivity contribution >= 4 is 46.4 Å². The molecule has 88 heavy (non-hydrogen) atoms. The van der Waals surface area contributed by atoms with Gasteiger partial charge in [0.05, 0.1) is 49.2 Å². The molecular weight excluding hydrogens is 1090 g/mol. The third-order valence-corrected chi connectivity index (χ3v) is 17.4. The van der Waals surface area contributed by atoms with E-state index in [0.717, 1.165) is 197 Å². The van der Waals surface area contributed by atoms with E-state index in [-0.39, 0.29) is 0 Å². The van der Waals surface area contributed by atoms with Crippen molar-refractivity contribution in [3.63, 3.8) is 0 Å². The highest BCUT2D eigenvalue weighted by Gasteiger charge is 2.20. The summed E-state index contributed by atoms with van der Waals surface area (Å²) in [5.74, 6) is 3.42. The molecule has 0 atom stereocenters. The number of unbranched alkanes of at least 4 members (excludes halogenated alkanes) is 9. The van der Waals surface area contributed by atoms with E-state index in [1.54, 1.807) is 0 Å². The SMILES string of the molecule is CCCCCCCCCCCCOc1ccc(-c2c3nc(c(-c4ccc(OCCCN(CC)CC)cc4)c4ccc([nH]4)c(-c4ccc(OCCCN(CC)CC)cc4)c4nc(c(-c5ccc(OCCCN(CC)CC)cc5)c5ccc2[nH]5)C=C4)C=C3)cc1. The molecular formula is C77H99N7O4. The van der Waals surface area contributed by atoms with E-state index in [0.29, 0.717) is 26.4 Å². The lowest BCUT2D eigenvalue weighted by molar-refractivity contribution is 0.249. The molecule has 0 amide bonds. The van der Waals surface area contributed by atoms with Gasteiger partial charge in [0.2, 0.25) is 0 Å². The maximum atomic E-state index is 6.39. The van der Waals surface area contributed by atoms with Crippen LogP contribution in [0.4, 0.5) is 0 Å². The second kappa shape index (κ2) is 34.3. The zero-order valence-corrected chi connectivity index (χ0v) is 54.1. The normalized spacial score (nSPS) is 12.1. The third kappa shape index (κ3) is 17.9. The molecule has 11 heteroatoms. The van der Waals surface area contributed by atoms with Gasteiger partial charge in [0.1, 0.15) is 23.0 Å². The maximum Gasteiger partial charge on any atom is 0.119 e. The van der Waals surface area contributed by atoms with Gasteiger partial charge in [0, 0.05) is 64.0 Å². The second-order valence-corrected chi connectivity index (χ2v) is 23.3. The molecule has 11 nitrogen and oxygen atoms in total. The van der Waals surface area contributed by atoms with E-state index < -0.39 is 0 Å². The van der Waals surface area contributed by atoms with Gasteiger partial charge in [-0.3, -0.25) is 0 Å². The van der Waals surface area contributed by atoms with Crippen molar-refractivity contribution in [2.75, 3.05) is 85.3 Å². The number of benzene rings is 4. The molecule has 2 N–H and O–H groups in total. The summed E-state index contributed by atoms with van der Waals surface area (Å²) in [6.45, 7) is 27.5. The van der Waals surface area contributed by atoms with E-state index in [2.05, 4.69) is 219 Å². The number of ether oxygens (including phenoxy) is 4. The molecule has 2 aliphatic rings. The number of fused-ring (bicyclic) bond motifs is 8. The van der Waals surface area contributed by atoms with Crippen molar-refractivity contribution in [3.05, 3.63) is 144 Å². The molecule has 0 unspecified atom stereocenters. The monoisotopic (exact) mass is 1190 g/mol. The van der Waals surface area contributed by atoms with Crippen LogP contribution in [0.25, 0.3) is 90.9 Å². The molecule has 0 radical (unpaired) electrons. The van der Waals surface area contributed by atoms with E-state index in [1.807, 2.05) is 0 Å². The van der Waals surface area contributed by atoms with Crippen molar-refractivity contribution in [1.29, 1.82) is 0 Å². The maximum absolute atomic E-state index is 6.39. The summed E-state index contributed by atoms with van der Waals surface area (Å²) in [4.78, 5) is 26.4. The largest absolute Gasteiger partial charge is 0.494 e. The average Bonchev–Trinajstić information content (AvgIpc) is 3.02. The van der Waals surface area contributed by atoms with Crippen LogP contribution in [0.15, 0.2) is 121 Å². The van der Waals surface area contributed by atoms with Gasteiger partial charge in [-0.05, 0) is 184 Å². The number of aromatic nitrogens is 4. The van der Waals surface area contributed by atoms with E-state index in [9.17, 15) is 0 Å². The van der Waals surface area contributed by atoms with Crippen molar-refractivity contribution in [3.8, 4) is 67.5 Å². The number of hydrogen-bond acceptors (Lipinski definition) is 9. The Morgan fingerprint density at radius 2 is 0.523 bits per heavy atom. The van der Waals surface area contributed by atoms with Crippen molar-refractivity contribution in [1.82, 2.24) is 34.6 Å². The van der Waals surface area contributed by atoms with Crippen molar-refractivity contribution < 1.29 is 18.9 Å². The minimum atomic E-state index is 0.656. The van der Waals surface area contributed by atoms with Gasteiger partial charge in [0.25, 0.3) is 0 Å². The Labute approximate surface area is 526 Å². The van der Waals surface area contributed by atoms with Gasteiger partial charge in [-0.1, -0.05) is 155 Å². The predicted molar refractivity (Wildman–Crippen MR) is 372 cm³/mol. The number of aromatic amines is 2. The van der Waals surface area contributed by atoms with Crippen LogP contribution in [0.2, 0.25) is 0 Å². The Morgan fingerprint density at radius 3 is 0.773 bits per heavy atom. The number of H-pyrrole nitrogens is 2. The molecule has 0 spiro atoms. The minimum absolute atomic E-state index is 0.656. The van der Waals surface area contributed by atoms with Crippen molar-refractivity contribution in [2.45, 2.75) is 132 Å². The third-order valence-electron chi connectivity index (χ3n) is 17.4. The Morgan fingerprint density at radius 1 is 0.284 bits per heavy atom. The summed E-state index contributed by atoms with van der Waals surface area (Å²) >= 11 is 0. The fourth-order valence-corrected chi connectivity index (χ4v) is 12.1. The van der Waals surface area contributed by atoms with Gasteiger partial charge in [-0.2, -0.15) is 0 Å². The number of rotatable bonds is 37. The molecule has 4 aromatic carbocycles. The first-order valence-corrected chi connectivity index (χ1v) is 33.6. The smallest absolute Gasteiger partial charge is 0.119 e. The highest BCUT2D eigenvalue weighted by Crippen LogP contribution is 2.40.